The van der Waals surface area contributed by atoms with Gasteiger partial charge in [-0.2, -0.15) is 5.10 Å². The van der Waals surface area contributed by atoms with E-state index in [1.165, 1.54) is 6.07 Å². The fourth-order valence-electron chi connectivity index (χ4n) is 2.95. The topological polar surface area (TPSA) is 121 Å². The van der Waals surface area contributed by atoms with Gasteiger partial charge in [0.2, 0.25) is 5.09 Å². The van der Waals surface area contributed by atoms with Crippen LogP contribution in [0.4, 0.5) is 0 Å². The summed E-state index contributed by atoms with van der Waals surface area (Å²) in [6.45, 7) is 0. The van der Waals surface area contributed by atoms with Crippen molar-refractivity contribution in [1.29, 1.82) is 0 Å². The van der Waals surface area contributed by atoms with E-state index in [0.29, 0.717) is 22.6 Å². The number of nitrogens with zero attached hydrogens (tertiary/aromatic N) is 1. The number of amides is 1. The Kier molecular flexibility index (Phi) is 4.46. The van der Waals surface area contributed by atoms with Gasteiger partial charge < -0.3 is 13.7 Å². The summed E-state index contributed by atoms with van der Waals surface area (Å²) in [6.07, 6.45) is 1.11. The summed E-state index contributed by atoms with van der Waals surface area (Å²) in [5, 5.41) is 3.09. The molecule has 0 saturated carbocycles. The second kappa shape index (κ2) is 6.95. The molecule has 8 nitrogen and oxygen atoms in total. The average Bonchev–Trinajstić information content (AvgIpc) is 3.15. The molecule has 0 aliphatic carbocycles. The normalized spacial score (nSPS) is 13.6. The number of hydrazone groups is 1. The van der Waals surface area contributed by atoms with Crippen molar-refractivity contribution in [2.24, 2.45) is 5.10 Å². The monoisotopic (exact) mass is 397 g/mol. The number of benzene rings is 2. The Labute approximate surface area is 160 Å². The molecule has 0 fully saturated rings. The molecule has 1 aromatic heterocycles. The van der Waals surface area contributed by atoms with Gasteiger partial charge in [-0.05, 0) is 24.3 Å². The summed E-state index contributed by atoms with van der Waals surface area (Å²) in [7, 11) is -4.69. The molecule has 1 aliphatic rings. The number of furan rings is 1. The van der Waals surface area contributed by atoms with E-state index >= 15 is 0 Å². The van der Waals surface area contributed by atoms with E-state index in [-0.39, 0.29) is 5.76 Å². The molecule has 4 rings (SSSR count). The lowest BCUT2D eigenvalue weighted by Crippen LogP contribution is -2.28. The van der Waals surface area contributed by atoms with Gasteiger partial charge in [-0.3, -0.25) is 4.79 Å². The number of hydrogen-bond donors (Lipinski definition) is 1. The first-order chi connectivity index (χ1) is 13.4. The Balaban J connectivity index is 1.58. The number of nitrogens with one attached hydrogen (secondary N) is 1. The minimum absolute atomic E-state index is 0.0162. The minimum Gasteiger partial charge on any atom is -0.742 e. The van der Waals surface area contributed by atoms with Crippen LogP contribution in [-0.4, -0.2) is 25.1 Å². The lowest BCUT2D eigenvalue weighted by Gasteiger charge is -2.26. The highest BCUT2D eigenvalue weighted by atomic mass is 32.2. The largest absolute Gasteiger partial charge is 0.742 e. The Morgan fingerprint density at radius 2 is 1.61 bits per heavy atom. The molecule has 0 spiro atoms. The summed E-state index contributed by atoms with van der Waals surface area (Å²) in [6, 6.07) is 16.7. The van der Waals surface area contributed by atoms with E-state index in [9.17, 15) is 17.8 Å². The van der Waals surface area contributed by atoms with Crippen LogP contribution in [-0.2, 0) is 14.9 Å². The molecule has 3 aromatic rings. The molecule has 142 valence electrons. The molecule has 28 heavy (non-hydrogen) atoms. The second-order valence-electron chi connectivity index (χ2n) is 5.96. The van der Waals surface area contributed by atoms with Gasteiger partial charge in [-0.15, -0.1) is 0 Å². The van der Waals surface area contributed by atoms with Crippen LogP contribution in [0.25, 0.3) is 0 Å². The molecular weight excluding hydrogens is 384 g/mol. The summed E-state index contributed by atoms with van der Waals surface area (Å²) < 4.78 is 43.4. The van der Waals surface area contributed by atoms with Crippen LogP contribution in [0.2, 0.25) is 0 Å². The SMILES string of the molecule is O=C(N/N=C/c1ccc(S(=O)(=O)[O-])o1)C1c2ccccc2Oc2ccccc21. The lowest BCUT2D eigenvalue weighted by molar-refractivity contribution is -0.121. The van der Waals surface area contributed by atoms with Gasteiger partial charge in [0.1, 0.15) is 17.3 Å². The Morgan fingerprint density at radius 1 is 1.00 bits per heavy atom. The van der Waals surface area contributed by atoms with Crippen molar-refractivity contribution in [2.75, 3.05) is 0 Å². The van der Waals surface area contributed by atoms with Crippen molar-refractivity contribution in [3.8, 4) is 11.5 Å². The summed E-state index contributed by atoms with van der Waals surface area (Å²) in [5.74, 6) is 0.154. The molecule has 1 N–H and O–H groups in total. The first-order valence-corrected chi connectivity index (χ1v) is 9.58. The number of hydrogen-bond acceptors (Lipinski definition) is 7. The maximum absolute atomic E-state index is 12.8. The second-order valence-corrected chi connectivity index (χ2v) is 7.27. The van der Waals surface area contributed by atoms with E-state index in [4.69, 9.17) is 9.15 Å². The van der Waals surface area contributed by atoms with Crippen molar-refractivity contribution in [3.63, 3.8) is 0 Å². The van der Waals surface area contributed by atoms with Gasteiger partial charge in [0.15, 0.2) is 10.1 Å². The van der Waals surface area contributed by atoms with Crippen LogP contribution < -0.4 is 10.2 Å². The fraction of sp³-hybridized carbons (Fsp3) is 0.0526. The number of carbonyl (C=O) groups excluding carboxylic acids is 1. The van der Waals surface area contributed by atoms with E-state index in [0.717, 1.165) is 12.3 Å². The molecule has 2 heterocycles. The van der Waals surface area contributed by atoms with Gasteiger partial charge in [-0.25, -0.2) is 13.8 Å². The maximum Gasteiger partial charge on any atom is 0.252 e. The van der Waals surface area contributed by atoms with Crippen LogP contribution >= 0.6 is 0 Å². The average molecular weight is 397 g/mol. The third-order valence-corrected chi connectivity index (χ3v) is 4.87. The fourth-order valence-corrected chi connectivity index (χ4v) is 3.39. The number of fused-ring (bicyclic) bond motifs is 2. The van der Waals surface area contributed by atoms with Crippen molar-refractivity contribution >= 4 is 22.2 Å². The number of rotatable bonds is 4. The highest BCUT2D eigenvalue weighted by Gasteiger charge is 2.32. The first-order valence-electron chi connectivity index (χ1n) is 8.18. The van der Waals surface area contributed by atoms with Crippen LogP contribution in [0.1, 0.15) is 22.8 Å². The molecule has 0 saturated heterocycles. The van der Waals surface area contributed by atoms with Crippen molar-refractivity contribution in [1.82, 2.24) is 5.43 Å². The highest BCUT2D eigenvalue weighted by molar-refractivity contribution is 7.85. The van der Waals surface area contributed by atoms with Crippen molar-refractivity contribution in [2.45, 2.75) is 11.0 Å². The Bertz CT molecular complexity index is 1140. The van der Waals surface area contributed by atoms with E-state index in [1.807, 2.05) is 24.3 Å². The van der Waals surface area contributed by atoms with Crippen LogP contribution in [0.5, 0.6) is 11.5 Å². The molecule has 0 bridgehead atoms. The molecule has 2 aromatic carbocycles. The molecule has 0 atom stereocenters. The zero-order valence-corrected chi connectivity index (χ0v) is 15.0. The Morgan fingerprint density at radius 3 is 2.18 bits per heavy atom. The molecule has 0 radical (unpaired) electrons. The van der Waals surface area contributed by atoms with Crippen molar-refractivity contribution in [3.05, 3.63) is 77.6 Å². The van der Waals surface area contributed by atoms with Gasteiger partial charge in [0.05, 0.1) is 12.1 Å². The van der Waals surface area contributed by atoms with E-state index in [1.54, 1.807) is 24.3 Å². The number of carbonyl (C=O) groups is 1. The van der Waals surface area contributed by atoms with Crippen LogP contribution in [0, 0.1) is 0 Å². The van der Waals surface area contributed by atoms with Gasteiger partial charge >= 0.3 is 0 Å². The van der Waals surface area contributed by atoms with Gasteiger partial charge in [0.25, 0.3) is 5.91 Å². The molecule has 9 heteroatoms. The quantitative estimate of drug-likeness (QED) is 0.410. The number of para-hydroxylation sites is 2. The summed E-state index contributed by atoms with van der Waals surface area (Å²) in [4.78, 5) is 12.8. The molecular formula is C19H13N2O6S-. The van der Waals surface area contributed by atoms with Crippen LogP contribution in [0.15, 0.2) is 75.3 Å². The smallest absolute Gasteiger partial charge is 0.252 e. The van der Waals surface area contributed by atoms with Crippen molar-refractivity contribution < 1.29 is 26.9 Å². The third kappa shape index (κ3) is 3.40. The number of ether oxygens (including phenoxy) is 1. The zero-order valence-electron chi connectivity index (χ0n) is 14.2. The van der Waals surface area contributed by atoms with Gasteiger partial charge in [0, 0.05) is 11.1 Å². The zero-order chi connectivity index (χ0) is 19.7. The van der Waals surface area contributed by atoms with E-state index in [2.05, 4.69) is 10.5 Å². The standard InChI is InChI=1S/C19H14N2O6S/c22-19(21-20-11-12-9-10-17(26-12)28(23,24)25)18-13-5-1-3-7-15(13)27-16-8-4-2-6-14(16)18/h1-11,18H,(H,21,22)(H,23,24,25)/p-1/b20-11+. The summed E-state index contributed by atoms with van der Waals surface area (Å²) in [5.41, 5.74) is 3.82. The molecule has 1 amide bonds. The molecule has 0 unspecified atom stereocenters. The minimum atomic E-state index is -4.69. The lowest BCUT2D eigenvalue weighted by atomic mass is 9.87. The highest BCUT2D eigenvalue weighted by Crippen LogP contribution is 2.43. The molecule has 1 aliphatic heterocycles. The van der Waals surface area contributed by atoms with Gasteiger partial charge in [-0.1, -0.05) is 36.4 Å². The van der Waals surface area contributed by atoms with E-state index < -0.39 is 27.0 Å². The van der Waals surface area contributed by atoms with Crippen LogP contribution in [0.3, 0.4) is 0 Å². The Hall–Kier alpha value is -3.43. The summed E-state index contributed by atoms with van der Waals surface area (Å²) >= 11 is 0. The predicted octanol–water partition coefficient (Wildman–Crippen LogP) is 2.57. The first kappa shape index (κ1) is 18.0. The predicted molar refractivity (Wildman–Crippen MR) is 97.2 cm³/mol. The third-order valence-electron chi connectivity index (χ3n) is 4.16. The maximum atomic E-state index is 12.8.